The molecule has 1 nitrogen and oxygen atoms in total. The Hall–Kier alpha value is -1.63. The van der Waals surface area contributed by atoms with E-state index >= 15 is 0 Å². The van der Waals surface area contributed by atoms with Crippen LogP contribution in [0.4, 0.5) is 0 Å². The molecule has 1 unspecified atom stereocenters. The highest BCUT2D eigenvalue weighted by Crippen LogP contribution is 2.33. The van der Waals surface area contributed by atoms with E-state index in [9.17, 15) is 0 Å². The van der Waals surface area contributed by atoms with Gasteiger partial charge in [-0.05, 0) is 19.1 Å². The van der Waals surface area contributed by atoms with E-state index in [1.807, 2.05) is 0 Å². The van der Waals surface area contributed by atoms with Crippen LogP contribution >= 0.6 is 0 Å². The molecule has 1 aromatic carbocycles. The molecule has 0 fully saturated rings. The number of hydrogen-bond donors (Lipinski definition) is 0. The van der Waals surface area contributed by atoms with Gasteiger partial charge in [-0.3, -0.25) is 0 Å². The molecule has 0 saturated heterocycles. The Labute approximate surface area is 90.0 Å². The predicted octanol–water partition coefficient (Wildman–Crippen LogP) is 2.87. The Balaban J connectivity index is 2.34. The Morgan fingerprint density at radius 3 is 2.87 bits per heavy atom. The van der Waals surface area contributed by atoms with Gasteiger partial charge >= 0.3 is 0 Å². The van der Waals surface area contributed by atoms with Gasteiger partial charge in [0.25, 0.3) is 0 Å². The van der Waals surface area contributed by atoms with Gasteiger partial charge in [0.1, 0.15) is 0 Å². The van der Waals surface area contributed by atoms with Crippen molar-refractivity contribution in [2.24, 2.45) is 0 Å². The van der Waals surface area contributed by atoms with Crippen LogP contribution in [-0.2, 0) is 0 Å². The molecule has 3 rings (SSSR count). The summed E-state index contributed by atoms with van der Waals surface area (Å²) < 4.78 is 2.34. The van der Waals surface area contributed by atoms with Crippen molar-refractivity contribution in [1.29, 1.82) is 0 Å². The zero-order valence-corrected chi connectivity index (χ0v) is 9.07. The first-order valence-electron chi connectivity index (χ1n) is 5.38. The van der Waals surface area contributed by atoms with Crippen LogP contribution in [-0.4, -0.2) is 0 Å². The van der Waals surface area contributed by atoms with Gasteiger partial charge in [0.2, 0.25) is 5.69 Å². The molecule has 2 heterocycles. The number of pyridine rings is 1. The quantitative estimate of drug-likeness (QED) is 0.570. The van der Waals surface area contributed by atoms with Crippen LogP contribution in [0.25, 0.3) is 11.3 Å². The number of aryl methyl sites for hydroxylation is 1. The molecule has 1 aliphatic heterocycles. The monoisotopic (exact) mass is 196 g/mol. The largest absolute Gasteiger partial charge is 0.213 e. The molecule has 0 N–H and O–H groups in total. The number of aromatic nitrogens is 1. The normalized spacial score (nSPS) is 17.3. The fraction of sp³-hybridized carbons (Fsp3) is 0.214. The van der Waals surface area contributed by atoms with Gasteiger partial charge in [0.15, 0.2) is 12.2 Å². The zero-order chi connectivity index (χ0) is 10.4. The molecule has 0 radical (unpaired) electrons. The second-order valence-electron chi connectivity index (χ2n) is 4.26. The highest BCUT2D eigenvalue weighted by atomic mass is 15.0. The van der Waals surface area contributed by atoms with E-state index in [0.717, 1.165) is 0 Å². The summed E-state index contributed by atoms with van der Waals surface area (Å²) in [7, 11) is 0. The molecule has 0 saturated carbocycles. The van der Waals surface area contributed by atoms with Gasteiger partial charge in [-0.1, -0.05) is 17.7 Å². The van der Waals surface area contributed by atoms with Crippen LogP contribution in [0.15, 0.2) is 42.6 Å². The molecule has 1 atom stereocenters. The molecule has 15 heavy (non-hydrogen) atoms. The van der Waals surface area contributed by atoms with Crippen LogP contribution < -0.4 is 4.57 Å². The van der Waals surface area contributed by atoms with Crippen LogP contribution in [0.2, 0.25) is 0 Å². The molecular formula is C14H14N+. The fourth-order valence-electron chi connectivity index (χ4n) is 2.43. The maximum atomic E-state index is 2.34. The van der Waals surface area contributed by atoms with Crippen LogP contribution in [0.1, 0.15) is 24.1 Å². The van der Waals surface area contributed by atoms with Gasteiger partial charge in [-0.25, -0.2) is 0 Å². The Bertz CT molecular complexity index is 529. The molecule has 74 valence electrons. The average molecular weight is 196 g/mol. The highest BCUT2D eigenvalue weighted by Gasteiger charge is 2.31. The summed E-state index contributed by atoms with van der Waals surface area (Å²) in [6, 6.07) is 13.6. The van der Waals surface area contributed by atoms with Crippen molar-refractivity contribution < 1.29 is 4.57 Å². The summed E-state index contributed by atoms with van der Waals surface area (Å²) in [6.45, 7) is 4.40. The second-order valence-corrected chi connectivity index (χ2v) is 4.26. The van der Waals surface area contributed by atoms with Gasteiger partial charge in [0, 0.05) is 24.6 Å². The van der Waals surface area contributed by atoms with Gasteiger partial charge in [0.05, 0.1) is 5.56 Å². The second kappa shape index (κ2) is 2.93. The number of hydrogen-bond acceptors (Lipinski definition) is 0. The molecule has 0 spiro atoms. The standard InChI is InChI=1S/C14H14N/c1-10-6-7-12-11(2)15-8-4-3-5-14(15)13(12)9-10/h3-9,11H,1-2H3/q+1. The zero-order valence-electron chi connectivity index (χ0n) is 9.07. The minimum atomic E-state index is 0.469. The molecule has 1 heteroatoms. The van der Waals surface area contributed by atoms with E-state index in [1.54, 1.807) is 0 Å². The lowest BCUT2D eigenvalue weighted by molar-refractivity contribution is -0.694. The lowest BCUT2D eigenvalue weighted by atomic mass is 10.0. The van der Waals surface area contributed by atoms with Gasteiger partial charge < -0.3 is 0 Å². The van der Waals surface area contributed by atoms with Crippen molar-refractivity contribution in [2.75, 3.05) is 0 Å². The van der Waals surface area contributed by atoms with Gasteiger partial charge in [-0.15, -0.1) is 0 Å². The fourth-order valence-corrected chi connectivity index (χ4v) is 2.43. The number of nitrogens with zero attached hydrogens (tertiary/aromatic N) is 1. The topological polar surface area (TPSA) is 3.88 Å². The van der Waals surface area contributed by atoms with E-state index in [2.05, 4.69) is 61.0 Å². The lowest BCUT2D eigenvalue weighted by Gasteiger charge is -1.99. The lowest BCUT2D eigenvalue weighted by Crippen LogP contribution is -2.35. The minimum absolute atomic E-state index is 0.469. The summed E-state index contributed by atoms with van der Waals surface area (Å²) >= 11 is 0. The van der Waals surface area contributed by atoms with Crippen molar-refractivity contribution in [1.82, 2.24) is 0 Å². The minimum Gasteiger partial charge on any atom is -0.191 e. The summed E-state index contributed by atoms with van der Waals surface area (Å²) in [5, 5.41) is 0. The predicted molar refractivity (Wildman–Crippen MR) is 60.6 cm³/mol. The molecular weight excluding hydrogens is 182 g/mol. The van der Waals surface area contributed by atoms with Crippen LogP contribution in [0.3, 0.4) is 0 Å². The van der Waals surface area contributed by atoms with Gasteiger partial charge in [-0.2, -0.15) is 4.57 Å². The number of benzene rings is 1. The summed E-state index contributed by atoms with van der Waals surface area (Å²) in [6.07, 6.45) is 2.16. The Morgan fingerprint density at radius 2 is 2.00 bits per heavy atom. The third kappa shape index (κ3) is 1.13. The molecule has 0 bridgehead atoms. The first-order valence-corrected chi connectivity index (χ1v) is 5.38. The highest BCUT2D eigenvalue weighted by molar-refractivity contribution is 5.65. The molecule has 2 aromatic rings. The first kappa shape index (κ1) is 8.66. The Kier molecular flexibility index (Phi) is 1.69. The first-order chi connectivity index (χ1) is 7.27. The van der Waals surface area contributed by atoms with Crippen LogP contribution in [0, 0.1) is 6.92 Å². The maximum Gasteiger partial charge on any atom is 0.213 e. The van der Waals surface area contributed by atoms with Crippen LogP contribution in [0.5, 0.6) is 0 Å². The molecule has 1 aliphatic rings. The SMILES string of the molecule is Cc1ccc2c(c1)-c1cccc[n+]1C2C. The van der Waals surface area contributed by atoms with Crippen molar-refractivity contribution >= 4 is 0 Å². The Morgan fingerprint density at radius 1 is 1.13 bits per heavy atom. The summed E-state index contributed by atoms with van der Waals surface area (Å²) in [4.78, 5) is 0. The van der Waals surface area contributed by atoms with Crippen molar-refractivity contribution in [3.05, 3.63) is 53.7 Å². The van der Waals surface area contributed by atoms with Crippen molar-refractivity contribution in [3.63, 3.8) is 0 Å². The number of fused-ring (bicyclic) bond motifs is 3. The molecule has 1 aromatic heterocycles. The van der Waals surface area contributed by atoms with E-state index < -0.39 is 0 Å². The third-order valence-electron chi connectivity index (χ3n) is 3.24. The van der Waals surface area contributed by atoms with Crippen molar-refractivity contribution in [3.8, 4) is 11.3 Å². The third-order valence-corrected chi connectivity index (χ3v) is 3.24. The van der Waals surface area contributed by atoms with E-state index in [-0.39, 0.29) is 0 Å². The van der Waals surface area contributed by atoms with Crippen molar-refractivity contribution in [2.45, 2.75) is 19.9 Å². The summed E-state index contributed by atoms with van der Waals surface area (Å²) in [5.74, 6) is 0. The smallest absolute Gasteiger partial charge is 0.191 e. The number of rotatable bonds is 0. The van der Waals surface area contributed by atoms with E-state index in [4.69, 9.17) is 0 Å². The maximum absolute atomic E-state index is 2.34. The summed E-state index contributed by atoms with van der Waals surface area (Å²) in [5.41, 5.74) is 5.50. The van der Waals surface area contributed by atoms with E-state index in [0.29, 0.717) is 6.04 Å². The average Bonchev–Trinajstić information content (AvgIpc) is 2.54. The molecule has 0 aliphatic carbocycles. The molecule has 0 amide bonds. The van der Waals surface area contributed by atoms with E-state index in [1.165, 1.54) is 22.4 Å².